The van der Waals surface area contributed by atoms with Gasteiger partial charge in [-0.2, -0.15) is 0 Å². The molecule has 148 valence electrons. The highest BCUT2D eigenvalue weighted by Gasteiger charge is 2.43. The molecule has 1 atom stereocenters. The Balaban J connectivity index is 1.59. The van der Waals surface area contributed by atoms with E-state index in [0.717, 1.165) is 48.9 Å². The Hall–Kier alpha value is -2.24. The fourth-order valence-corrected chi connectivity index (χ4v) is 4.49. The fraction of sp³-hybridized carbons (Fsp3) is 0.478. The molecule has 1 aromatic heterocycles. The van der Waals surface area contributed by atoms with E-state index in [1.807, 2.05) is 17.2 Å². The molecule has 3 heterocycles. The van der Waals surface area contributed by atoms with Crippen molar-refractivity contribution in [3.05, 3.63) is 54.4 Å². The summed E-state index contributed by atoms with van der Waals surface area (Å²) in [4.78, 5) is 19.6. The summed E-state index contributed by atoms with van der Waals surface area (Å²) in [7, 11) is 0. The number of pyridine rings is 1. The molecule has 5 heteroatoms. The van der Waals surface area contributed by atoms with Gasteiger partial charge in [-0.1, -0.05) is 30.3 Å². The first-order chi connectivity index (χ1) is 13.7. The van der Waals surface area contributed by atoms with Crippen molar-refractivity contribution in [2.45, 2.75) is 38.2 Å². The standard InChI is InChI=1S/C23H28N2O3/c26-21-7-3-11-25(17-21)22(27)23(8-12-28-13-9-23)15-18-4-1-5-19(14-18)20-6-2-10-24-16-20/h1-2,4-6,10,14,16,21,26H,3,7-9,11-13,15,17H2/t21-/m1/s1. The second kappa shape index (κ2) is 8.41. The Morgan fingerprint density at radius 2 is 2.04 bits per heavy atom. The van der Waals surface area contributed by atoms with Gasteiger partial charge >= 0.3 is 0 Å². The molecule has 0 saturated carbocycles. The summed E-state index contributed by atoms with van der Waals surface area (Å²) in [6.45, 7) is 2.43. The van der Waals surface area contributed by atoms with Gasteiger partial charge in [-0.15, -0.1) is 0 Å². The van der Waals surface area contributed by atoms with Crippen LogP contribution in [-0.4, -0.2) is 53.3 Å². The first-order valence-corrected chi connectivity index (χ1v) is 10.2. The fourth-order valence-electron chi connectivity index (χ4n) is 4.49. The lowest BCUT2D eigenvalue weighted by Gasteiger charge is -2.42. The molecule has 1 N–H and O–H groups in total. The molecule has 0 radical (unpaired) electrons. The summed E-state index contributed by atoms with van der Waals surface area (Å²) in [5.41, 5.74) is 2.92. The minimum Gasteiger partial charge on any atom is -0.391 e. The van der Waals surface area contributed by atoms with Crippen LogP contribution in [0.15, 0.2) is 48.8 Å². The normalized spacial score (nSPS) is 22.0. The first kappa shape index (κ1) is 19.1. The smallest absolute Gasteiger partial charge is 0.229 e. The molecule has 2 aliphatic rings. The number of hydrogen-bond donors (Lipinski definition) is 1. The Morgan fingerprint density at radius 3 is 2.79 bits per heavy atom. The Labute approximate surface area is 166 Å². The van der Waals surface area contributed by atoms with Gasteiger partial charge in [0.15, 0.2) is 0 Å². The molecule has 1 aromatic carbocycles. The third-order valence-corrected chi connectivity index (χ3v) is 6.05. The van der Waals surface area contributed by atoms with Crippen LogP contribution in [0.3, 0.4) is 0 Å². The number of nitrogens with zero attached hydrogens (tertiary/aromatic N) is 2. The molecular formula is C23H28N2O3. The number of aromatic nitrogens is 1. The van der Waals surface area contributed by atoms with E-state index < -0.39 is 11.5 Å². The van der Waals surface area contributed by atoms with Crippen LogP contribution in [-0.2, 0) is 16.0 Å². The molecule has 28 heavy (non-hydrogen) atoms. The number of β-amino-alcohol motifs (C(OH)–C–C–N with tert-alkyl or cyclic N) is 1. The van der Waals surface area contributed by atoms with E-state index in [1.165, 1.54) is 0 Å². The third-order valence-electron chi connectivity index (χ3n) is 6.05. The molecular weight excluding hydrogens is 352 g/mol. The number of ether oxygens (including phenoxy) is 1. The average Bonchev–Trinajstić information content (AvgIpc) is 2.75. The SMILES string of the molecule is O=C(N1CCC[C@@H](O)C1)C1(Cc2cccc(-c3cccnc3)c2)CCOCC1. The van der Waals surface area contributed by atoms with Gasteiger partial charge in [-0.3, -0.25) is 9.78 Å². The molecule has 0 bridgehead atoms. The molecule has 0 spiro atoms. The van der Waals surface area contributed by atoms with E-state index in [2.05, 4.69) is 35.3 Å². The quantitative estimate of drug-likeness (QED) is 0.885. The molecule has 4 rings (SSSR count). The maximum absolute atomic E-state index is 13.5. The second-order valence-electron chi connectivity index (χ2n) is 8.06. The van der Waals surface area contributed by atoms with Crippen molar-refractivity contribution in [1.82, 2.24) is 9.88 Å². The zero-order valence-corrected chi connectivity index (χ0v) is 16.2. The molecule has 2 saturated heterocycles. The van der Waals surface area contributed by atoms with Crippen molar-refractivity contribution in [3.8, 4) is 11.1 Å². The predicted molar refractivity (Wildman–Crippen MR) is 108 cm³/mol. The van der Waals surface area contributed by atoms with E-state index in [9.17, 15) is 9.90 Å². The van der Waals surface area contributed by atoms with Gasteiger partial charge in [0.25, 0.3) is 0 Å². The van der Waals surface area contributed by atoms with E-state index in [4.69, 9.17) is 4.74 Å². The van der Waals surface area contributed by atoms with Gasteiger partial charge in [-0.25, -0.2) is 0 Å². The Bertz CT molecular complexity index is 803. The number of piperidine rings is 1. The number of aliphatic hydroxyl groups excluding tert-OH is 1. The maximum Gasteiger partial charge on any atom is 0.229 e. The zero-order chi connectivity index (χ0) is 19.4. The lowest BCUT2D eigenvalue weighted by atomic mass is 9.73. The summed E-state index contributed by atoms with van der Waals surface area (Å²) in [6.07, 6.45) is 7.06. The summed E-state index contributed by atoms with van der Waals surface area (Å²) in [5, 5.41) is 10.0. The lowest BCUT2D eigenvalue weighted by molar-refractivity contribution is -0.151. The number of hydrogen-bond acceptors (Lipinski definition) is 4. The van der Waals surface area contributed by atoms with Crippen molar-refractivity contribution < 1.29 is 14.6 Å². The number of aliphatic hydroxyl groups is 1. The van der Waals surface area contributed by atoms with Crippen LogP contribution >= 0.6 is 0 Å². The molecule has 1 amide bonds. The van der Waals surface area contributed by atoms with Crippen molar-refractivity contribution in [2.75, 3.05) is 26.3 Å². The zero-order valence-electron chi connectivity index (χ0n) is 16.2. The first-order valence-electron chi connectivity index (χ1n) is 10.2. The number of benzene rings is 1. The summed E-state index contributed by atoms with van der Waals surface area (Å²) in [6, 6.07) is 12.4. The topological polar surface area (TPSA) is 62.7 Å². The van der Waals surface area contributed by atoms with Gasteiger partial charge in [0.1, 0.15) is 0 Å². The third kappa shape index (κ3) is 4.10. The van der Waals surface area contributed by atoms with E-state index in [0.29, 0.717) is 26.2 Å². The van der Waals surface area contributed by atoms with Gasteiger partial charge in [0, 0.05) is 38.7 Å². The number of likely N-dealkylation sites (tertiary alicyclic amines) is 1. The van der Waals surface area contributed by atoms with Gasteiger partial charge in [0.2, 0.25) is 5.91 Å². The highest BCUT2D eigenvalue weighted by atomic mass is 16.5. The lowest BCUT2D eigenvalue weighted by Crippen LogP contribution is -2.52. The molecule has 2 fully saturated rings. The maximum atomic E-state index is 13.5. The summed E-state index contributed by atoms with van der Waals surface area (Å²) < 4.78 is 5.59. The van der Waals surface area contributed by atoms with Crippen LogP contribution in [0.2, 0.25) is 0 Å². The minimum absolute atomic E-state index is 0.182. The summed E-state index contributed by atoms with van der Waals surface area (Å²) in [5.74, 6) is 0.182. The van der Waals surface area contributed by atoms with Crippen molar-refractivity contribution in [3.63, 3.8) is 0 Å². The van der Waals surface area contributed by atoms with Crippen LogP contribution in [0.25, 0.3) is 11.1 Å². The minimum atomic E-state index is -0.442. The molecule has 5 nitrogen and oxygen atoms in total. The Morgan fingerprint density at radius 1 is 1.21 bits per heavy atom. The number of carbonyl (C=O) groups is 1. The Kier molecular flexibility index (Phi) is 5.74. The van der Waals surface area contributed by atoms with Crippen LogP contribution < -0.4 is 0 Å². The van der Waals surface area contributed by atoms with E-state index in [-0.39, 0.29) is 5.91 Å². The van der Waals surface area contributed by atoms with Gasteiger partial charge in [-0.05, 0) is 54.9 Å². The largest absolute Gasteiger partial charge is 0.391 e. The van der Waals surface area contributed by atoms with Crippen LogP contribution in [0.1, 0.15) is 31.2 Å². The van der Waals surface area contributed by atoms with Gasteiger partial charge in [0.05, 0.1) is 11.5 Å². The average molecular weight is 380 g/mol. The molecule has 0 unspecified atom stereocenters. The molecule has 2 aromatic rings. The van der Waals surface area contributed by atoms with Crippen molar-refractivity contribution >= 4 is 5.91 Å². The second-order valence-corrected chi connectivity index (χ2v) is 8.06. The van der Waals surface area contributed by atoms with Crippen LogP contribution in [0.4, 0.5) is 0 Å². The van der Waals surface area contributed by atoms with E-state index >= 15 is 0 Å². The van der Waals surface area contributed by atoms with Crippen LogP contribution in [0, 0.1) is 5.41 Å². The highest BCUT2D eigenvalue weighted by molar-refractivity contribution is 5.83. The highest BCUT2D eigenvalue weighted by Crippen LogP contribution is 2.38. The number of carbonyl (C=O) groups excluding carboxylic acids is 1. The van der Waals surface area contributed by atoms with Crippen molar-refractivity contribution in [2.24, 2.45) is 5.41 Å². The predicted octanol–water partition coefficient (Wildman–Crippen LogP) is 3.07. The van der Waals surface area contributed by atoms with Crippen LogP contribution in [0.5, 0.6) is 0 Å². The van der Waals surface area contributed by atoms with Crippen molar-refractivity contribution in [1.29, 1.82) is 0 Å². The monoisotopic (exact) mass is 380 g/mol. The summed E-state index contributed by atoms with van der Waals surface area (Å²) >= 11 is 0. The van der Waals surface area contributed by atoms with Gasteiger partial charge < -0.3 is 14.7 Å². The molecule has 2 aliphatic heterocycles. The molecule has 0 aliphatic carbocycles. The number of amides is 1. The van der Waals surface area contributed by atoms with E-state index in [1.54, 1.807) is 6.20 Å². The number of rotatable bonds is 4.